The number of hydrogen-bond acceptors (Lipinski definition) is 3. The summed E-state index contributed by atoms with van der Waals surface area (Å²) in [6.45, 7) is 1.89. The zero-order chi connectivity index (χ0) is 14.2. The van der Waals surface area contributed by atoms with Gasteiger partial charge in [-0.25, -0.2) is 0 Å². The molecule has 5 heteroatoms. The molecule has 1 saturated carbocycles. The average molecular weight is 285 g/mol. The summed E-state index contributed by atoms with van der Waals surface area (Å²) >= 11 is 6.21. The lowest BCUT2D eigenvalue weighted by molar-refractivity contribution is -0.137. The summed E-state index contributed by atoms with van der Waals surface area (Å²) in [6, 6.07) is 1.70. The molecule has 0 aliphatic heterocycles. The summed E-state index contributed by atoms with van der Waals surface area (Å²) in [7, 11) is 3.11. The number of hydrogen-bond donors (Lipinski definition) is 1. The summed E-state index contributed by atoms with van der Waals surface area (Å²) in [5, 5.41) is 9.67. The third-order valence-electron chi connectivity index (χ3n) is 3.74. The van der Waals surface area contributed by atoms with Crippen molar-refractivity contribution in [2.24, 2.45) is 0 Å². The maximum Gasteiger partial charge on any atom is 0.304 e. The van der Waals surface area contributed by atoms with Crippen molar-refractivity contribution in [2.45, 2.75) is 31.6 Å². The van der Waals surface area contributed by atoms with E-state index in [0.29, 0.717) is 16.5 Å². The van der Waals surface area contributed by atoms with Crippen LogP contribution in [0.5, 0.6) is 11.5 Å². The summed E-state index contributed by atoms with van der Waals surface area (Å²) in [5.41, 5.74) is 1.39. The monoisotopic (exact) mass is 284 g/mol. The molecule has 0 heterocycles. The van der Waals surface area contributed by atoms with Gasteiger partial charge < -0.3 is 14.6 Å². The minimum atomic E-state index is -0.808. The number of rotatable bonds is 5. The Kier molecular flexibility index (Phi) is 3.63. The Hall–Kier alpha value is -1.42. The van der Waals surface area contributed by atoms with Crippen LogP contribution in [0.2, 0.25) is 5.02 Å². The average Bonchev–Trinajstić information content (AvgIpc) is 3.11. The molecule has 0 unspecified atom stereocenters. The Morgan fingerprint density at radius 1 is 1.42 bits per heavy atom. The second-order valence-electron chi connectivity index (χ2n) is 4.94. The molecular formula is C14H17ClO4. The molecule has 104 valence electrons. The van der Waals surface area contributed by atoms with E-state index in [2.05, 4.69) is 0 Å². The molecule has 1 aromatic rings. The Morgan fingerprint density at radius 3 is 2.47 bits per heavy atom. The zero-order valence-corrected chi connectivity index (χ0v) is 12.0. The molecule has 19 heavy (non-hydrogen) atoms. The van der Waals surface area contributed by atoms with Crippen LogP contribution in [0.4, 0.5) is 0 Å². The normalized spacial score (nSPS) is 16.0. The van der Waals surface area contributed by atoms with E-state index < -0.39 is 5.97 Å². The van der Waals surface area contributed by atoms with E-state index in [0.717, 1.165) is 24.0 Å². The number of carbonyl (C=O) groups is 1. The molecular weight excluding hydrogens is 268 g/mol. The van der Waals surface area contributed by atoms with Gasteiger partial charge in [0.05, 0.1) is 20.6 Å². The Bertz CT molecular complexity index is 521. The topological polar surface area (TPSA) is 55.8 Å². The van der Waals surface area contributed by atoms with Gasteiger partial charge in [0.1, 0.15) is 0 Å². The first-order valence-corrected chi connectivity index (χ1v) is 6.46. The highest BCUT2D eigenvalue weighted by atomic mass is 35.5. The predicted octanol–water partition coefficient (Wildman–Crippen LogP) is 3.17. The fourth-order valence-corrected chi connectivity index (χ4v) is 2.84. The summed E-state index contributed by atoms with van der Waals surface area (Å²) in [5.74, 6) is 0.339. The van der Waals surface area contributed by atoms with E-state index >= 15 is 0 Å². The van der Waals surface area contributed by atoms with Crippen molar-refractivity contribution < 1.29 is 19.4 Å². The maximum atomic E-state index is 11.1. The second-order valence-corrected chi connectivity index (χ2v) is 5.35. The first kappa shape index (κ1) is 14.0. The summed E-state index contributed by atoms with van der Waals surface area (Å²) < 4.78 is 10.7. The Balaban J connectivity index is 2.61. The lowest BCUT2D eigenvalue weighted by Crippen LogP contribution is -2.16. The van der Waals surface area contributed by atoms with Crippen LogP contribution in [-0.4, -0.2) is 25.3 Å². The van der Waals surface area contributed by atoms with Gasteiger partial charge in [-0.15, -0.1) is 0 Å². The molecule has 0 amide bonds. The minimum absolute atomic E-state index is 0.0910. The molecule has 1 aliphatic rings. The molecule has 0 radical (unpaired) electrons. The number of aliphatic carboxylic acids is 1. The highest BCUT2D eigenvalue weighted by molar-refractivity contribution is 6.31. The van der Waals surface area contributed by atoms with Gasteiger partial charge in [-0.2, -0.15) is 0 Å². The minimum Gasteiger partial charge on any atom is -0.493 e. The van der Waals surface area contributed by atoms with Gasteiger partial charge >= 0.3 is 5.97 Å². The van der Waals surface area contributed by atoms with Crippen molar-refractivity contribution in [3.05, 3.63) is 22.2 Å². The molecule has 2 rings (SSSR count). The van der Waals surface area contributed by atoms with Crippen molar-refractivity contribution >= 4 is 17.6 Å². The Labute approximate surface area is 117 Å². The van der Waals surface area contributed by atoms with Gasteiger partial charge in [0.2, 0.25) is 0 Å². The van der Waals surface area contributed by atoms with Crippen LogP contribution in [0.25, 0.3) is 0 Å². The fourth-order valence-electron chi connectivity index (χ4n) is 2.65. The fraction of sp³-hybridized carbons (Fsp3) is 0.500. The van der Waals surface area contributed by atoms with Crippen molar-refractivity contribution in [3.63, 3.8) is 0 Å². The molecule has 0 saturated heterocycles. The highest BCUT2D eigenvalue weighted by Gasteiger charge is 2.49. The molecule has 4 nitrogen and oxygen atoms in total. The quantitative estimate of drug-likeness (QED) is 0.902. The number of halogens is 1. The molecule has 0 bridgehead atoms. The van der Waals surface area contributed by atoms with Crippen LogP contribution >= 0.6 is 11.6 Å². The van der Waals surface area contributed by atoms with Crippen LogP contribution in [-0.2, 0) is 10.2 Å². The standard InChI is InChI=1S/C14H17ClO4/c1-8-9(15)6-10(18-2)13(19-3)12(8)14(4-5-14)7-11(16)17/h6H,4-5,7H2,1-3H3,(H,16,17). The van der Waals surface area contributed by atoms with E-state index in [1.54, 1.807) is 20.3 Å². The van der Waals surface area contributed by atoms with Crippen LogP contribution < -0.4 is 9.47 Å². The second kappa shape index (κ2) is 4.93. The summed E-state index contributed by atoms with van der Waals surface area (Å²) in [6.07, 6.45) is 1.76. The van der Waals surface area contributed by atoms with Gasteiger partial charge in [0, 0.05) is 22.1 Å². The third kappa shape index (κ3) is 2.37. The largest absolute Gasteiger partial charge is 0.493 e. The number of carboxylic acids is 1. The van der Waals surface area contributed by atoms with E-state index in [4.69, 9.17) is 26.2 Å². The first-order valence-electron chi connectivity index (χ1n) is 6.08. The molecule has 1 aromatic carbocycles. The van der Waals surface area contributed by atoms with Crippen LogP contribution in [0, 0.1) is 6.92 Å². The molecule has 0 atom stereocenters. The third-order valence-corrected chi connectivity index (χ3v) is 4.13. The molecule has 1 aliphatic carbocycles. The van der Waals surface area contributed by atoms with Crippen molar-refractivity contribution in [3.8, 4) is 11.5 Å². The molecule has 1 fully saturated rings. The van der Waals surface area contributed by atoms with Gasteiger partial charge in [-0.1, -0.05) is 11.6 Å². The lowest BCUT2D eigenvalue weighted by atomic mass is 9.87. The van der Waals surface area contributed by atoms with Crippen molar-refractivity contribution in [1.29, 1.82) is 0 Å². The van der Waals surface area contributed by atoms with E-state index in [1.165, 1.54) is 0 Å². The molecule has 0 aromatic heterocycles. The number of benzene rings is 1. The first-order chi connectivity index (χ1) is 8.95. The number of ether oxygens (including phenoxy) is 2. The van der Waals surface area contributed by atoms with E-state index in [-0.39, 0.29) is 11.8 Å². The van der Waals surface area contributed by atoms with Crippen LogP contribution in [0.3, 0.4) is 0 Å². The number of methoxy groups -OCH3 is 2. The smallest absolute Gasteiger partial charge is 0.304 e. The zero-order valence-electron chi connectivity index (χ0n) is 11.2. The van der Waals surface area contributed by atoms with Crippen molar-refractivity contribution in [1.82, 2.24) is 0 Å². The number of carboxylic acid groups (broad SMARTS) is 1. The molecule has 1 N–H and O–H groups in total. The van der Waals surface area contributed by atoms with Crippen molar-refractivity contribution in [2.75, 3.05) is 14.2 Å². The van der Waals surface area contributed by atoms with Gasteiger partial charge in [-0.3, -0.25) is 4.79 Å². The Morgan fingerprint density at radius 2 is 2.05 bits per heavy atom. The molecule has 0 spiro atoms. The maximum absolute atomic E-state index is 11.1. The van der Waals surface area contributed by atoms with Gasteiger partial charge in [0.15, 0.2) is 11.5 Å². The SMILES string of the molecule is COc1cc(Cl)c(C)c(C2(CC(=O)O)CC2)c1OC. The van der Waals surface area contributed by atoms with E-state index in [1.807, 2.05) is 6.92 Å². The highest BCUT2D eigenvalue weighted by Crippen LogP contribution is 2.57. The summed E-state index contributed by atoms with van der Waals surface area (Å²) in [4.78, 5) is 11.1. The van der Waals surface area contributed by atoms with Gasteiger partial charge in [-0.05, 0) is 25.3 Å². The van der Waals surface area contributed by atoms with Crippen LogP contribution in [0.15, 0.2) is 6.07 Å². The van der Waals surface area contributed by atoms with Gasteiger partial charge in [0.25, 0.3) is 0 Å². The van der Waals surface area contributed by atoms with Crippen LogP contribution in [0.1, 0.15) is 30.4 Å². The van der Waals surface area contributed by atoms with E-state index in [9.17, 15) is 4.79 Å². The lowest BCUT2D eigenvalue weighted by Gasteiger charge is -2.22. The predicted molar refractivity (Wildman–Crippen MR) is 72.5 cm³/mol.